The Morgan fingerprint density at radius 1 is 1.10 bits per heavy atom. The highest BCUT2D eigenvalue weighted by Crippen LogP contribution is 2.20. The summed E-state index contributed by atoms with van der Waals surface area (Å²) in [6.07, 6.45) is 0.803. The van der Waals surface area contributed by atoms with Crippen LogP contribution in [0.4, 0.5) is 5.69 Å². The number of carbonyl (C=O) groups is 2. The van der Waals surface area contributed by atoms with Crippen molar-refractivity contribution in [1.29, 1.82) is 0 Å². The van der Waals surface area contributed by atoms with Crippen LogP contribution in [0.5, 0.6) is 0 Å². The van der Waals surface area contributed by atoms with Gasteiger partial charge in [0.2, 0.25) is 0 Å². The lowest BCUT2D eigenvalue weighted by molar-refractivity contribution is -0.116. The number of rotatable bonds is 9. The number of benzene rings is 2. The molecule has 2 N–H and O–H groups in total. The second-order valence-electron chi connectivity index (χ2n) is 7.46. The lowest BCUT2D eigenvalue weighted by Gasteiger charge is -2.24. The third kappa shape index (κ3) is 6.87. The molecule has 0 fully saturated rings. The summed E-state index contributed by atoms with van der Waals surface area (Å²) in [5.74, 6) is 0.554. The summed E-state index contributed by atoms with van der Waals surface area (Å²) in [6.45, 7) is 4.09. The largest absolute Gasteiger partial charge is 0.487 e. The maximum atomic E-state index is 13.0. The maximum absolute atomic E-state index is 13.0. The zero-order chi connectivity index (χ0) is 22.1. The summed E-state index contributed by atoms with van der Waals surface area (Å²) < 4.78 is 5.41. The Kier molecular flexibility index (Phi) is 8.55. The molecule has 0 aliphatic carbocycles. The topological polar surface area (TPSA) is 70.7 Å². The molecule has 1 atom stereocenters. The number of likely N-dealkylation sites (N-methyl/N-ethyl adjacent to an activating group) is 1. The molecule has 2 aromatic carbocycles. The van der Waals surface area contributed by atoms with Gasteiger partial charge in [0.05, 0.1) is 17.9 Å². The summed E-state index contributed by atoms with van der Waals surface area (Å²) in [5.41, 5.74) is 2.14. The zero-order valence-electron chi connectivity index (χ0n) is 18.0. The predicted octanol–water partition coefficient (Wildman–Crippen LogP) is 3.87. The summed E-state index contributed by atoms with van der Waals surface area (Å²) in [5, 5.41) is 7.63. The van der Waals surface area contributed by atoms with E-state index in [2.05, 4.69) is 34.6 Å². The number of amides is 2. The number of anilines is 1. The molecule has 0 spiro atoms. The number of carbonyl (C=O) groups excluding carboxylic acids is 2. The Balaban J connectivity index is 1.62. The van der Waals surface area contributed by atoms with E-state index in [4.69, 9.17) is 4.74 Å². The molecule has 0 radical (unpaired) electrons. The number of nitrogens with zero attached hydrogens (tertiary/aromatic N) is 1. The normalized spacial score (nSPS) is 14.4. The van der Waals surface area contributed by atoms with Gasteiger partial charge in [0.15, 0.2) is 5.76 Å². The van der Waals surface area contributed by atoms with Crippen molar-refractivity contribution >= 4 is 29.3 Å². The molecule has 1 heterocycles. The fourth-order valence-corrected chi connectivity index (χ4v) is 3.96. The lowest BCUT2D eigenvalue weighted by atomic mass is 10.1. The smallest absolute Gasteiger partial charge is 0.291 e. The second-order valence-corrected chi connectivity index (χ2v) is 8.44. The Morgan fingerprint density at radius 2 is 1.84 bits per heavy atom. The number of thioether (sulfide) groups is 1. The molecular weight excluding hydrogens is 410 g/mol. The van der Waals surface area contributed by atoms with Gasteiger partial charge in [0, 0.05) is 30.3 Å². The van der Waals surface area contributed by atoms with Crippen molar-refractivity contribution in [3.8, 4) is 0 Å². The van der Waals surface area contributed by atoms with Crippen LogP contribution >= 0.6 is 11.8 Å². The fourth-order valence-electron chi connectivity index (χ4n) is 3.34. The molecule has 164 valence electrons. The molecular formula is C24H29N3O3S. The molecule has 1 aliphatic rings. The van der Waals surface area contributed by atoms with Crippen molar-refractivity contribution in [2.24, 2.45) is 0 Å². The van der Waals surface area contributed by atoms with E-state index in [1.807, 2.05) is 25.2 Å². The van der Waals surface area contributed by atoms with E-state index in [1.165, 1.54) is 17.3 Å². The standard InChI is InChI=1S/C24H29N3O3S/c1-3-19(16-27(2)15-18-9-5-4-6-10-18)25-23(28)20-11-7-8-12-21(20)26-24(29)22-17-31-14-13-30-22/h4-12,17,19H,3,13-16H2,1-2H3,(H,25,28)(H,26,29)/t19-/m1/s1. The van der Waals surface area contributed by atoms with Gasteiger partial charge in [-0.05, 0) is 31.2 Å². The SMILES string of the molecule is CC[C@H](CN(C)Cc1ccccc1)NC(=O)c1ccccc1NC(=O)C1=CSCCO1. The van der Waals surface area contributed by atoms with Gasteiger partial charge in [0.25, 0.3) is 11.8 Å². The quantitative estimate of drug-likeness (QED) is 0.621. The third-order valence-corrected chi connectivity index (χ3v) is 5.73. The molecule has 6 nitrogen and oxygen atoms in total. The minimum Gasteiger partial charge on any atom is -0.487 e. The molecule has 0 bridgehead atoms. The molecule has 0 unspecified atom stereocenters. The van der Waals surface area contributed by atoms with Gasteiger partial charge in [-0.15, -0.1) is 11.8 Å². The summed E-state index contributed by atoms with van der Waals surface area (Å²) in [6, 6.07) is 17.3. The van der Waals surface area contributed by atoms with Crippen LogP contribution in [-0.4, -0.2) is 48.7 Å². The van der Waals surface area contributed by atoms with Crippen LogP contribution in [-0.2, 0) is 16.1 Å². The number of hydrogen-bond donors (Lipinski definition) is 2. The van der Waals surface area contributed by atoms with Crippen molar-refractivity contribution in [2.45, 2.75) is 25.9 Å². The second kappa shape index (κ2) is 11.6. The van der Waals surface area contributed by atoms with Crippen LogP contribution in [0, 0.1) is 0 Å². The average Bonchev–Trinajstić information content (AvgIpc) is 2.80. The van der Waals surface area contributed by atoms with Gasteiger partial charge in [-0.1, -0.05) is 49.4 Å². The Hall–Kier alpha value is -2.77. The molecule has 0 saturated carbocycles. The molecule has 2 aromatic rings. The first kappa shape index (κ1) is 22.9. The highest BCUT2D eigenvalue weighted by Gasteiger charge is 2.20. The molecule has 31 heavy (non-hydrogen) atoms. The highest BCUT2D eigenvalue weighted by molar-refractivity contribution is 8.02. The van der Waals surface area contributed by atoms with E-state index in [0.717, 1.165) is 25.3 Å². The monoisotopic (exact) mass is 439 g/mol. The van der Waals surface area contributed by atoms with Gasteiger partial charge >= 0.3 is 0 Å². The van der Waals surface area contributed by atoms with Crippen molar-refractivity contribution in [3.63, 3.8) is 0 Å². The Morgan fingerprint density at radius 3 is 2.55 bits per heavy atom. The van der Waals surface area contributed by atoms with Crippen molar-refractivity contribution in [1.82, 2.24) is 10.2 Å². The van der Waals surface area contributed by atoms with Gasteiger partial charge in [-0.25, -0.2) is 0 Å². The minimum atomic E-state index is -0.345. The maximum Gasteiger partial charge on any atom is 0.291 e. The van der Waals surface area contributed by atoms with Crippen molar-refractivity contribution < 1.29 is 14.3 Å². The minimum absolute atomic E-state index is 0.00856. The van der Waals surface area contributed by atoms with E-state index >= 15 is 0 Å². The highest BCUT2D eigenvalue weighted by atomic mass is 32.2. The summed E-state index contributed by atoms with van der Waals surface area (Å²) in [7, 11) is 2.05. The Labute approximate surface area is 188 Å². The molecule has 3 rings (SSSR count). The van der Waals surface area contributed by atoms with Crippen LogP contribution in [0.15, 0.2) is 65.8 Å². The van der Waals surface area contributed by atoms with Crippen molar-refractivity contribution in [3.05, 3.63) is 76.9 Å². The molecule has 7 heteroatoms. The van der Waals surface area contributed by atoms with E-state index in [9.17, 15) is 9.59 Å². The first-order valence-corrected chi connectivity index (χ1v) is 11.5. The van der Waals surface area contributed by atoms with Crippen LogP contribution in [0.3, 0.4) is 0 Å². The van der Waals surface area contributed by atoms with E-state index in [0.29, 0.717) is 17.9 Å². The van der Waals surface area contributed by atoms with Crippen LogP contribution in [0.25, 0.3) is 0 Å². The van der Waals surface area contributed by atoms with Gasteiger partial charge in [-0.2, -0.15) is 0 Å². The lowest BCUT2D eigenvalue weighted by Crippen LogP contribution is -2.42. The molecule has 1 aliphatic heterocycles. The zero-order valence-corrected chi connectivity index (χ0v) is 18.8. The molecule has 0 saturated heterocycles. The first-order chi connectivity index (χ1) is 15.1. The molecule has 0 aromatic heterocycles. The van der Waals surface area contributed by atoms with Crippen LogP contribution in [0.2, 0.25) is 0 Å². The number of para-hydroxylation sites is 1. The number of hydrogen-bond acceptors (Lipinski definition) is 5. The summed E-state index contributed by atoms with van der Waals surface area (Å²) >= 11 is 1.54. The summed E-state index contributed by atoms with van der Waals surface area (Å²) in [4.78, 5) is 27.7. The van der Waals surface area contributed by atoms with E-state index in [1.54, 1.807) is 29.7 Å². The molecule has 2 amide bonds. The fraction of sp³-hybridized carbons (Fsp3) is 0.333. The van der Waals surface area contributed by atoms with Gasteiger partial charge < -0.3 is 20.3 Å². The van der Waals surface area contributed by atoms with Crippen LogP contribution < -0.4 is 10.6 Å². The van der Waals surface area contributed by atoms with Crippen molar-refractivity contribution in [2.75, 3.05) is 31.3 Å². The van der Waals surface area contributed by atoms with Crippen LogP contribution in [0.1, 0.15) is 29.3 Å². The average molecular weight is 440 g/mol. The van der Waals surface area contributed by atoms with E-state index in [-0.39, 0.29) is 23.6 Å². The predicted molar refractivity (Wildman–Crippen MR) is 126 cm³/mol. The van der Waals surface area contributed by atoms with Gasteiger partial charge in [0.1, 0.15) is 0 Å². The first-order valence-electron chi connectivity index (χ1n) is 10.4. The number of ether oxygens (including phenoxy) is 1. The van der Waals surface area contributed by atoms with E-state index < -0.39 is 0 Å². The Bertz CT molecular complexity index is 917. The van der Waals surface area contributed by atoms with Gasteiger partial charge in [-0.3, -0.25) is 9.59 Å². The number of nitrogens with one attached hydrogen (secondary N) is 2. The third-order valence-electron chi connectivity index (χ3n) is 4.95.